The fourth-order valence-electron chi connectivity index (χ4n) is 2.10. The lowest BCUT2D eigenvalue weighted by Gasteiger charge is -2.30. The first-order valence-corrected chi connectivity index (χ1v) is 8.73. The Morgan fingerprint density at radius 1 is 1.45 bits per heavy atom. The van der Waals surface area contributed by atoms with Gasteiger partial charge in [0.25, 0.3) is 0 Å². The van der Waals surface area contributed by atoms with Crippen LogP contribution < -0.4 is 10.0 Å². The predicted octanol–water partition coefficient (Wildman–Crippen LogP) is 2.80. The molecule has 114 valence electrons. The van der Waals surface area contributed by atoms with E-state index in [2.05, 4.69) is 32.9 Å². The van der Waals surface area contributed by atoms with Gasteiger partial charge in [-0.15, -0.1) is 12.4 Å². The Balaban J connectivity index is 0.00000200. The number of benzene rings is 1. The van der Waals surface area contributed by atoms with Gasteiger partial charge < -0.3 is 5.32 Å². The van der Waals surface area contributed by atoms with E-state index in [1.54, 1.807) is 12.1 Å². The number of piperidine rings is 1. The van der Waals surface area contributed by atoms with Crippen LogP contribution in [0.5, 0.6) is 0 Å². The normalized spacial score (nSPS) is 23.1. The van der Waals surface area contributed by atoms with Crippen LogP contribution in [0.25, 0.3) is 0 Å². The summed E-state index contributed by atoms with van der Waals surface area (Å²) in [6, 6.07) is 4.58. The highest BCUT2D eigenvalue weighted by Gasteiger charge is 2.27. The smallest absolute Gasteiger partial charge is 0.241 e. The van der Waals surface area contributed by atoms with E-state index in [1.165, 1.54) is 6.07 Å². The highest BCUT2D eigenvalue weighted by atomic mass is 79.9. The molecule has 1 aromatic carbocycles. The average molecular weight is 404 g/mol. The first-order valence-electron chi connectivity index (χ1n) is 6.08. The molecule has 1 saturated heterocycles. The zero-order chi connectivity index (χ0) is 14.0. The highest BCUT2D eigenvalue weighted by Crippen LogP contribution is 2.26. The van der Waals surface area contributed by atoms with Gasteiger partial charge in [0, 0.05) is 22.1 Å². The van der Waals surface area contributed by atoms with Gasteiger partial charge in [0.1, 0.15) is 0 Å². The summed E-state index contributed by atoms with van der Waals surface area (Å²) in [5, 5.41) is 3.70. The summed E-state index contributed by atoms with van der Waals surface area (Å²) >= 11 is 9.07. The van der Waals surface area contributed by atoms with Gasteiger partial charge in [-0.2, -0.15) is 0 Å². The zero-order valence-corrected chi connectivity index (χ0v) is 14.9. The van der Waals surface area contributed by atoms with Crippen LogP contribution in [-0.4, -0.2) is 27.5 Å². The maximum Gasteiger partial charge on any atom is 0.241 e. The van der Waals surface area contributed by atoms with Crippen LogP contribution >= 0.6 is 39.9 Å². The van der Waals surface area contributed by atoms with Crippen molar-refractivity contribution in [1.29, 1.82) is 0 Å². The van der Waals surface area contributed by atoms with Crippen molar-refractivity contribution in [2.45, 2.75) is 24.3 Å². The van der Waals surface area contributed by atoms with Crippen molar-refractivity contribution in [3.63, 3.8) is 0 Å². The van der Waals surface area contributed by atoms with Gasteiger partial charge in [-0.3, -0.25) is 0 Å². The Morgan fingerprint density at radius 3 is 2.75 bits per heavy atom. The first-order chi connectivity index (χ1) is 8.90. The Labute approximate surface area is 139 Å². The summed E-state index contributed by atoms with van der Waals surface area (Å²) in [5.74, 6) is 0.321. The third kappa shape index (κ3) is 4.32. The molecule has 2 unspecified atom stereocenters. The molecule has 2 N–H and O–H groups in total. The topological polar surface area (TPSA) is 58.2 Å². The molecule has 0 spiro atoms. The van der Waals surface area contributed by atoms with E-state index in [-0.39, 0.29) is 23.3 Å². The van der Waals surface area contributed by atoms with E-state index in [0.29, 0.717) is 22.0 Å². The third-order valence-electron chi connectivity index (χ3n) is 3.32. The highest BCUT2D eigenvalue weighted by molar-refractivity contribution is 9.10. The van der Waals surface area contributed by atoms with E-state index in [9.17, 15) is 8.42 Å². The number of hydrogen-bond donors (Lipinski definition) is 2. The molecule has 0 bridgehead atoms. The van der Waals surface area contributed by atoms with Crippen molar-refractivity contribution in [3.8, 4) is 0 Å². The van der Waals surface area contributed by atoms with Crippen molar-refractivity contribution < 1.29 is 8.42 Å². The van der Waals surface area contributed by atoms with Crippen molar-refractivity contribution in [2.75, 3.05) is 13.1 Å². The fraction of sp³-hybridized carbons (Fsp3) is 0.500. The lowest BCUT2D eigenvalue weighted by atomic mass is 9.96. The van der Waals surface area contributed by atoms with E-state index >= 15 is 0 Å². The molecular weight excluding hydrogens is 387 g/mol. The summed E-state index contributed by atoms with van der Waals surface area (Å²) in [6.45, 7) is 3.65. The van der Waals surface area contributed by atoms with Gasteiger partial charge in [0.05, 0.1) is 4.90 Å². The Hall–Kier alpha value is 0.150. The fourth-order valence-corrected chi connectivity index (χ4v) is 4.83. The number of rotatable bonds is 3. The summed E-state index contributed by atoms with van der Waals surface area (Å²) in [7, 11) is -3.54. The number of hydrogen-bond acceptors (Lipinski definition) is 3. The maximum atomic E-state index is 12.4. The second-order valence-electron chi connectivity index (χ2n) is 4.77. The molecule has 0 radical (unpaired) electrons. The molecule has 0 saturated carbocycles. The minimum Gasteiger partial charge on any atom is -0.315 e. The van der Waals surface area contributed by atoms with Gasteiger partial charge in [-0.1, -0.05) is 18.5 Å². The van der Waals surface area contributed by atoms with Gasteiger partial charge in [0.15, 0.2) is 0 Å². The molecule has 1 aliphatic rings. The van der Waals surface area contributed by atoms with Crippen molar-refractivity contribution in [1.82, 2.24) is 10.0 Å². The van der Waals surface area contributed by atoms with Gasteiger partial charge in [0.2, 0.25) is 10.0 Å². The Kier molecular flexibility index (Phi) is 6.76. The van der Waals surface area contributed by atoms with Crippen LogP contribution in [0.2, 0.25) is 5.02 Å². The average Bonchev–Trinajstić information content (AvgIpc) is 2.31. The zero-order valence-electron chi connectivity index (χ0n) is 10.9. The van der Waals surface area contributed by atoms with E-state index in [0.717, 1.165) is 13.0 Å². The molecule has 1 heterocycles. The summed E-state index contributed by atoms with van der Waals surface area (Å²) in [6.07, 6.45) is 0.967. The Bertz CT molecular complexity index is 569. The van der Waals surface area contributed by atoms with Crippen LogP contribution in [0.4, 0.5) is 0 Å². The minimum atomic E-state index is -3.54. The van der Waals surface area contributed by atoms with E-state index in [4.69, 9.17) is 11.6 Å². The third-order valence-corrected chi connectivity index (χ3v) is 6.02. The van der Waals surface area contributed by atoms with Crippen molar-refractivity contribution in [2.24, 2.45) is 5.92 Å². The minimum absolute atomic E-state index is 0. The maximum absolute atomic E-state index is 12.4. The molecule has 2 atom stereocenters. The molecular formula is C12H17BrCl2N2O2S. The molecule has 1 aliphatic heterocycles. The second kappa shape index (κ2) is 7.42. The molecule has 0 aliphatic carbocycles. The van der Waals surface area contributed by atoms with Crippen LogP contribution in [-0.2, 0) is 10.0 Å². The van der Waals surface area contributed by atoms with E-state index in [1.807, 2.05) is 0 Å². The van der Waals surface area contributed by atoms with Gasteiger partial charge in [-0.25, -0.2) is 13.1 Å². The van der Waals surface area contributed by atoms with Gasteiger partial charge in [-0.05, 0) is 53.0 Å². The van der Waals surface area contributed by atoms with Crippen LogP contribution in [0.1, 0.15) is 13.3 Å². The lowest BCUT2D eigenvalue weighted by Crippen LogP contribution is -2.50. The predicted molar refractivity (Wildman–Crippen MR) is 87.2 cm³/mol. The molecule has 2 rings (SSSR count). The molecule has 1 fully saturated rings. The first kappa shape index (κ1) is 18.2. The molecule has 0 aromatic heterocycles. The monoisotopic (exact) mass is 402 g/mol. The van der Waals surface area contributed by atoms with Crippen molar-refractivity contribution >= 4 is 50.0 Å². The van der Waals surface area contributed by atoms with Gasteiger partial charge >= 0.3 is 0 Å². The van der Waals surface area contributed by atoms with E-state index < -0.39 is 10.0 Å². The number of halogens is 3. The van der Waals surface area contributed by atoms with Crippen LogP contribution in [0.3, 0.4) is 0 Å². The number of nitrogens with one attached hydrogen (secondary N) is 2. The standard InChI is InChI=1S/C12H16BrClN2O2S.ClH/c1-8-4-5-15-7-11(8)16-19(17,18)12-3-2-9(14)6-10(12)13;/h2-3,6,8,11,15-16H,4-5,7H2,1H3;1H. The quantitative estimate of drug-likeness (QED) is 0.815. The molecule has 8 heteroatoms. The van der Waals surface area contributed by atoms with Crippen LogP contribution in [0.15, 0.2) is 27.6 Å². The molecule has 0 amide bonds. The summed E-state index contributed by atoms with van der Waals surface area (Å²) in [5.41, 5.74) is 0. The van der Waals surface area contributed by atoms with Crippen molar-refractivity contribution in [3.05, 3.63) is 27.7 Å². The molecule has 20 heavy (non-hydrogen) atoms. The Morgan fingerprint density at radius 2 is 2.15 bits per heavy atom. The largest absolute Gasteiger partial charge is 0.315 e. The summed E-state index contributed by atoms with van der Waals surface area (Å²) < 4.78 is 28.0. The SMILES string of the molecule is CC1CCNCC1NS(=O)(=O)c1ccc(Cl)cc1Br.Cl. The molecule has 1 aromatic rings. The molecule has 4 nitrogen and oxygen atoms in total. The second-order valence-corrected chi connectivity index (χ2v) is 7.75. The lowest BCUT2D eigenvalue weighted by molar-refractivity contribution is 0.327. The summed E-state index contributed by atoms with van der Waals surface area (Å²) in [4.78, 5) is 0.217. The van der Waals surface area contributed by atoms with Crippen LogP contribution in [0, 0.1) is 5.92 Å². The number of sulfonamides is 1.